The van der Waals surface area contributed by atoms with Crippen LogP contribution in [0.4, 0.5) is 5.82 Å². The summed E-state index contributed by atoms with van der Waals surface area (Å²) in [6, 6.07) is 7.38. The largest absolute Gasteiger partial charge is 0.366 e. The number of rotatable bonds is 3. The van der Waals surface area contributed by atoms with E-state index in [1.54, 1.807) is 16.9 Å². The molecule has 16 heavy (non-hydrogen) atoms. The van der Waals surface area contributed by atoms with Crippen LogP contribution in [0.5, 0.6) is 0 Å². The van der Waals surface area contributed by atoms with Crippen LogP contribution >= 0.6 is 23.2 Å². The van der Waals surface area contributed by atoms with Crippen molar-refractivity contribution in [3.63, 3.8) is 0 Å². The minimum atomic E-state index is 0.647. The van der Waals surface area contributed by atoms with E-state index >= 15 is 0 Å². The normalized spacial score (nSPS) is 10.4. The minimum absolute atomic E-state index is 0.647. The molecule has 0 aliphatic rings. The summed E-state index contributed by atoms with van der Waals surface area (Å²) in [5, 5.41) is 8.62. The Hall–Kier alpha value is -1.19. The van der Waals surface area contributed by atoms with Gasteiger partial charge in [-0.3, -0.25) is 4.68 Å². The van der Waals surface area contributed by atoms with Crippen LogP contribution in [0.3, 0.4) is 0 Å². The highest BCUT2D eigenvalue weighted by Gasteiger charge is 2.02. The number of nitrogens with zero attached hydrogens (tertiary/aromatic N) is 2. The maximum atomic E-state index is 6.06. The minimum Gasteiger partial charge on any atom is -0.366 e. The highest BCUT2D eigenvalue weighted by molar-refractivity contribution is 6.35. The van der Waals surface area contributed by atoms with Crippen molar-refractivity contribution in [1.29, 1.82) is 0 Å². The molecule has 0 amide bonds. The van der Waals surface area contributed by atoms with E-state index in [4.69, 9.17) is 23.2 Å². The van der Waals surface area contributed by atoms with Gasteiger partial charge in [0.2, 0.25) is 0 Å². The Kier molecular flexibility index (Phi) is 3.36. The van der Waals surface area contributed by atoms with Gasteiger partial charge in [-0.1, -0.05) is 29.3 Å². The number of anilines is 1. The Morgan fingerprint density at radius 3 is 2.75 bits per heavy atom. The summed E-state index contributed by atoms with van der Waals surface area (Å²) >= 11 is 11.9. The lowest BCUT2D eigenvalue weighted by Gasteiger charge is -2.08. The zero-order chi connectivity index (χ0) is 11.5. The Balaban J connectivity index is 2.08. The molecule has 2 rings (SSSR count). The fourth-order valence-corrected chi connectivity index (χ4v) is 1.87. The molecule has 0 saturated carbocycles. The van der Waals surface area contributed by atoms with Crippen LogP contribution < -0.4 is 5.32 Å². The van der Waals surface area contributed by atoms with Crippen molar-refractivity contribution in [3.05, 3.63) is 46.1 Å². The molecule has 0 aliphatic heterocycles. The summed E-state index contributed by atoms with van der Waals surface area (Å²) in [4.78, 5) is 0. The SMILES string of the molecule is Cn1nccc1NCc1ccc(Cl)cc1Cl. The third-order valence-corrected chi connectivity index (χ3v) is 2.88. The molecule has 3 nitrogen and oxygen atoms in total. The van der Waals surface area contributed by atoms with Crippen molar-refractivity contribution >= 4 is 29.0 Å². The van der Waals surface area contributed by atoms with Gasteiger partial charge in [0.15, 0.2) is 0 Å². The van der Waals surface area contributed by atoms with Crippen molar-refractivity contribution in [1.82, 2.24) is 9.78 Å². The van der Waals surface area contributed by atoms with Crippen LogP contribution in [-0.4, -0.2) is 9.78 Å². The monoisotopic (exact) mass is 255 g/mol. The van der Waals surface area contributed by atoms with Gasteiger partial charge < -0.3 is 5.32 Å². The Morgan fingerprint density at radius 1 is 1.31 bits per heavy atom. The molecule has 84 valence electrons. The number of benzene rings is 1. The van der Waals surface area contributed by atoms with Gasteiger partial charge in [0.05, 0.1) is 6.20 Å². The summed E-state index contributed by atoms with van der Waals surface area (Å²) < 4.78 is 1.77. The van der Waals surface area contributed by atoms with Gasteiger partial charge in [-0.15, -0.1) is 0 Å². The van der Waals surface area contributed by atoms with Crippen molar-refractivity contribution in [2.45, 2.75) is 6.54 Å². The van der Waals surface area contributed by atoms with E-state index in [1.165, 1.54) is 0 Å². The molecule has 0 spiro atoms. The second-order valence-corrected chi connectivity index (χ2v) is 4.27. The smallest absolute Gasteiger partial charge is 0.124 e. The summed E-state index contributed by atoms with van der Waals surface area (Å²) in [6.07, 6.45) is 1.74. The molecule has 0 saturated heterocycles. The van der Waals surface area contributed by atoms with E-state index in [2.05, 4.69) is 10.4 Å². The fourth-order valence-electron chi connectivity index (χ4n) is 1.40. The molecule has 0 fully saturated rings. The number of aromatic nitrogens is 2. The van der Waals surface area contributed by atoms with E-state index in [0.717, 1.165) is 11.4 Å². The fraction of sp³-hybridized carbons (Fsp3) is 0.182. The van der Waals surface area contributed by atoms with E-state index in [0.29, 0.717) is 16.6 Å². The zero-order valence-electron chi connectivity index (χ0n) is 8.74. The molecule has 2 aromatic rings. The summed E-state index contributed by atoms with van der Waals surface area (Å²) in [5.41, 5.74) is 1.01. The summed E-state index contributed by atoms with van der Waals surface area (Å²) in [6.45, 7) is 0.648. The van der Waals surface area contributed by atoms with Gasteiger partial charge in [-0.05, 0) is 17.7 Å². The average molecular weight is 256 g/mol. The molecule has 1 aromatic carbocycles. The van der Waals surface area contributed by atoms with Gasteiger partial charge in [0, 0.05) is 29.7 Å². The van der Waals surface area contributed by atoms with Crippen LogP contribution in [0.1, 0.15) is 5.56 Å². The average Bonchev–Trinajstić information content (AvgIpc) is 2.63. The third-order valence-electron chi connectivity index (χ3n) is 2.30. The molecule has 0 radical (unpaired) electrons. The van der Waals surface area contributed by atoms with E-state index in [9.17, 15) is 0 Å². The van der Waals surface area contributed by atoms with Crippen molar-refractivity contribution in [3.8, 4) is 0 Å². The van der Waals surface area contributed by atoms with Crippen molar-refractivity contribution in [2.24, 2.45) is 7.05 Å². The van der Waals surface area contributed by atoms with Gasteiger partial charge >= 0.3 is 0 Å². The topological polar surface area (TPSA) is 29.9 Å². The van der Waals surface area contributed by atoms with E-state index in [1.807, 2.05) is 25.2 Å². The van der Waals surface area contributed by atoms with Crippen LogP contribution in [0.2, 0.25) is 10.0 Å². The molecular weight excluding hydrogens is 245 g/mol. The maximum absolute atomic E-state index is 6.06. The number of aryl methyl sites for hydroxylation is 1. The molecule has 1 aromatic heterocycles. The first kappa shape index (κ1) is 11.3. The standard InChI is InChI=1S/C11H11Cl2N3/c1-16-11(4-5-15-16)14-7-8-2-3-9(12)6-10(8)13/h2-6,14H,7H2,1H3. The first-order chi connectivity index (χ1) is 7.66. The Bertz CT molecular complexity index is 494. The summed E-state index contributed by atoms with van der Waals surface area (Å²) in [7, 11) is 1.88. The maximum Gasteiger partial charge on any atom is 0.124 e. The molecule has 0 unspecified atom stereocenters. The summed E-state index contributed by atoms with van der Waals surface area (Å²) in [5.74, 6) is 0.950. The van der Waals surface area contributed by atoms with Crippen LogP contribution in [0.15, 0.2) is 30.5 Å². The number of hydrogen-bond donors (Lipinski definition) is 1. The number of hydrogen-bond acceptors (Lipinski definition) is 2. The van der Waals surface area contributed by atoms with Crippen LogP contribution in [-0.2, 0) is 13.6 Å². The highest BCUT2D eigenvalue weighted by atomic mass is 35.5. The lowest BCUT2D eigenvalue weighted by molar-refractivity contribution is 0.769. The quantitative estimate of drug-likeness (QED) is 0.912. The lowest BCUT2D eigenvalue weighted by Crippen LogP contribution is -2.04. The third kappa shape index (κ3) is 2.49. The molecule has 0 bridgehead atoms. The zero-order valence-corrected chi connectivity index (χ0v) is 10.3. The van der Waals surface area contributed by atoms with Crippen LogP contribution in [0, 0.1) is 0 Å². The molecule has 5 heteroatoms. The lowest BCUT2D eigenvalue weighted by atomic mass is 10.2. The van der Waals surface area contributed by atoms with Gasteiger partial charge in [0.25, 0.3) is 0 Å². The predicted octanol–water partition coefficient (Wildman–Crippen LogP) is 3.34. The first-order valence-electron chi connectivity index (χ1n) is 4.82. The predicted molar refractivity (Wildman–Crippen MR) is 67.0 cm³/mol. The van der Waals surface area contributed by atoms with E-state index in [-0.39, 0.29) is 0 Å². The number of halogens is 2. The molecule has 0 atom stereocenters. The van der Waals surface area contributed by atoms with Crippen molar-refractivity contribution < 1.29 is 0 Å². The highest BCUT2D eigenvalue weighted by Crippen LogP contribution is 2.21. The Morgan fingerprint density at radius 2 is 2.12 bits per heavy atom. The van der Waals surface area contributed by atoms with Gasteiger partial charge in [-0.2, -0.15) is 5.10 Å². The molecule has 1 N–H and O–H groups in total. The molecule has 0 aliphatic carbocycles. The van der Waals surface area contributed by atoms with Crippen LogP contribution in [0.25, 0.3) is 0 Å². The van der Waals surface area contributed by atoms with Gasteiger partial charge in [-0.25, -0.2) is 0 Å². The van der Waals surface area contributed by atoms with Crippen molar-refractivity contribution in [2.75, 3.05) is 5.32 Å². The second-order valence-electron chi connectivity index (χ2n) is 3.43. The first-order valence-corrected chi connectivity index (χ1v) is 5.58. The van der Waals surface area contributed by atoms with Gasteiger partial charge in [0.1, 0.15) is 5.82 Å². The molecular formula is C11H11Cl2N3. The Labute approximate surface area is 104 Å². The number of nitrogens with one attached hydrogen (secondary N) is 1. The second kappa shape index (κ2) is 4.76. The molecule has 1 heterocycles. The van der Waals surface area contributed by atoms with E-state index < -0.39 is 0 Å².